The average Bonchev–Trinajstić information content (AvgIpc) is 3.20. The van der Waals surface area contributed by atoms with Gasteiger partial charge in [-0.05, 0) is 49.2 Å². The summed E-state index contributed by atoms with van der Waals surface area (Å²) in [7, 11) is 0. The molecule has 1 N–H and O–H groups in total. The second-order valence-electron chi connectivity index (χ2n) is 6.62. The maximum atomic E-state index is 12.6. The van der Waals surface area contributed by atoms with Gasteiger partial charge in [-0.3, -0.25) is 4.79 Å². The second kappa shape index (κ2) is 9.08. The fourth-order valence-electron chi connectivity index (χ4n) is 3.15. The largest absolute Gasteiger partial charge is 0.494 e. The van der Waals surface area contributed by atoms with E-state index in [1.807, 2.05) is 61.8 Å². The lowest BCUT2D eigenvalue weighted by Gasteiger charge is -2.20. The summed E-state index contributed by atoms with van der Waals surface area (Å²) < 4.78 is 7.54. The van der Waals surface area contributed by atoms with Gasteiger partial charge in [-0.15, -0.1) is 0 Å². The number of rotatable bonds is 8. The van der Waals surface area contributed by atoms with Gasteiger partial charge in [0.15, 0.2) is 0 Å². The van der Waals surface area contributed by atoms with Gasteiger partial charge in [0.05, 0.1) is 19.1 Å². The Bertz CT molecular complexity index is 854. The summed E-state index contributed by atoms with van der Waals surface area (Å²) in [4.78, 5) is 12.6. The van der Waals surface area contributed by atoms with Gasteiger partial charge in [0.2, 0.25) is 5.91 Å². The number of nitrogens with zero attached hydrogens (tertiary/aromatic N) is 1. The second-order valence-corrected chi connectivity index (χ2v) is 6.62. The van der Waals surface area contributed by atoms with Crippen molar-refractivity contribution in [2.45, 2.75) is 32.9 Å². The normalized spacial score (nSPS) is 11.8. The molecule has 0 radical (unpaired) electrons. The van der Waals surface area contributed by atoms with Crippen molar-refractivity contribution in [3.8, 4) is 5.75 Å². The Morgan fingerprint density at radius 1 is 1.07 bits per heavy atom. The first kappa shape index (κ1) is 18.8. The van der Waals surface area contributed by atoms with E-state index < -0.39 is 0 Å². The zero-order chi connectivity index (χ0) is 19.1. The molecule has 0 bridgehead atoms. The van der Waals surface area contributed by atoms with Crippen LogP contribution in [0.15, 0.2) is 73.1 Å². The molecule has 2 aromatic carbocycles. The smallest absolute Gasteiger partial charge is 0.222 e. The quantitative estimate of drug-likeness (QED) is 0.641. The molecule has 0 fully saturated rings. The van der Waals surface area contributed by atoms with E-state index in [1.54, 1.807) is 0 Å². The SMILES string of the molecule is CCOc1ccc(CNC(=O)C[C@@H](c2cccc(C)c2)n2cccc2)cc1. The molecule has 4 heteroatoms. The number of amides is 1. The fraction of sp³-hybridized carbons (Fsp3) is 0.261. The lowest BCUT2D eigenvalue weighted by atomic mass is 10.0. The third-order valence-corrected chi connectivity index (χ3v) is 4.52. The predicted octanol–water partition coefficient (Wildman–Crippen LogP) is 4.49. The Labute approximate surface area is 160 Å². The van der Waals surface area contributed by atoms with E-state index in [9.17, 15) is 4.79 Å². The van der Waals surface area contributed by atoms with Crippen LogP contribution < -0.4 is 10.1 Å². The van der Waals surface area contributed by atoms with Crippen LogP contribution in [0.25, 0.3) is 0 Å². The zero-order valence-electron chi connectivity index (χ0n) is 15.9. The topological polar surface area (TPSA) is 43.3 Å². The van der Waals surface area contributed by atoms with Gasteiger partial charge in [0.25, 0.3) is 0 Å². The Morgan fingerprint density at radius 2 is 1.81 bits per heavy atom. The van der Waals surface area contributed by atoms with Crippen LogP contribution in [0.4, 0.5) is 0 Å². The van der Waals surface area contributed by atoms with Gasteiger partial charge in [0, 0.05) is 18.9 Å². The minimum Gasteiger partial charge on any atom is -0.494 e. The number of aryl methyl sites for hydroxylation is 1. The fourth-order valence-corrected chi connectivity index (χ4v) is 3.15. The average molecular weight is 362 g/mol. The summed E-state index contributed by atoms with van der Waals surface area (Å²) in [5.41, 5.74) is 3.39. The molecule has 0 aliphatic carbocycles. The minimum absolute atomic E-state index is 0.0137. The van der Waals surface area contributed by atoms with Crippen molar-refractivity contribution in [3.05, 3.63) is 89.7 Å². The Hall–Kier alpha value is -3.01. The first-order valence-electron chi connectivity index (χ1n) is 9.33. The van der Waals surface area contributed by atoms with E-state index in [4.69, 9.17) is 4.74 Å². The molecule has 3 aromatic rings. The molecule has 0 saturated heterocycles. The maximum absolute atomic E-state index is 12.6. The zero-order valence-corrected chi connectivity index (χ0v) is 15.9. The van der Waals surface area contributed by atoms with Crippen molar-refractivity contribution >= 4 is 5.91 Å². The molecule has 1 amide bonds. The molecular weight excluding hydrogens is 336 g/mol. The molecule has 0 spiro atoms. The van der Waals surface area contributed by atoms with Crippen LogP contribution in [0.2, 0.25) is 0 Å². The van der Waals surface area contributed by atoms with Gasteiger partial charge in [-0.2, -0.15) is 0 Å². The highest BCUT2D eigenvalue weighted by Gasteiger charge is 2.17. The van der Waals surface area contributed by atoms with E-state index in [-0.39, 0.29) is 11.9 Å². The standard InChI is InChI=1S/C23H26N2O2/c1-3-27-21-11-9-19(10-12-21)17-24-23(26)16-22(25-13-4-5-14-25)20-8-6-7-18(2)15-20/h4-15,22H,3,16-17H2,1-2H3,(H,24,26)/t22-/m0/s1. The number of hydrogen-bond acceptors (Lipinski definition) is 2. The predicted molar refractivity (Wildman–Crippen MR) is 108 cm³/mol. The lowest BCUT2D eigenvalue weighted by Crippen LogP contribution is -2.26. The molecule has 0 aliphatic heterocycles. The number of ether oxygens (including phenoxy) is 1. The van der Waals surface area contributed by atoms with Crippen LogP contribution in [-0.4, -0.2) is 17.1 Å². The first-order valence-corrected chi connectivity index (χ1v) is 9.33. The number of hydrogen-bond donors (Lipinski definition) is 1. The van der Waals surface area contributed by atoms with E-state index in [0.717, 1.165) is 16.9 Å². The molecule has 4 nitrogen and oxygen atoms in total. The third-order valence-electron chi connectivity index (χ3n) is 4.52. The highest BCUT2D eigenvalue weighted by Crippen LogP contribution is 2.23. The van der Waals surface area contributed by atoms with Gasteiger partial charge in [-0.25, -0.2) is 0 Å². The third kappa shape index (κ3) is 5.23. The van der Waals surface area contributed by atoms with Crippen LogP contribution in [0, 0.1) is 6.92 Å². The number of aromatic nitrogens is 1. The van der Waals surface area contributed by atoms with Crippen molar-refractivity contribution in [1.82, 2.24) is 9.88 Å². The van der Waals surface area contributed by atoms with Crippen molar-refractivity contribution in [3.63, 3.8) is 0 Å². The molecule has 1 atom stereocenters. The molecule has 0 unspecified atom stereocenters. The summed E-state index contributed by atoms with van der Waals surface area (Å²) >= 11 is 0. The lowest BCUT2D eigenvalue weighted by molar-refractivity contribution is -0.121. The van der Waals surface area contributed by atoms with E-state index in [1.165, 1.54) is 5.56 Å². The highest BCUT2D eigenvalue weighted by atomic mass is 16.5. The van der Waals surface area contributed by atoms with Crippen molar-refractivity contribution in [2.75, 3.05) is 6.61 Å². The Balaban J connectivity index is 1.64. The molecule has 0 saturated carbocycles. The Kier molecular flexibility index (Phi) is 6.31. The van der Waals surface area contributed by atoms with Gasteiger partial charge in [-0.1, -0.05) is 42.0 Å². The van der Waals surface area contributed by atoms with Crippen LogP contribution >= 0.6 is 0 Å². The maximum Gasteiger partial charge on any atom is 0.222 e. The monoisotopic (exact) mass is 362 g/mol. The van der Waals surface area contributed by atoms with Crippen molar-refractivity contribution < 1.29 is 9.53 Å². The molecule has 3 rings (SSSR count). The van der Waals surface area contributed by atoms with Crippen LogP contribution in [0.1, 0.15) is 36.1 Å². The van der Waals surface area contributed by atoms with Gasteiger partial charge >= 0.3 is 0 Å². The number of carbonyl (C=O) groups excluding carboxylic acids is 1. The summed E-state index contributed by atoms with van der Waals surface area (Å²) in [5, 5.41) is 3.03. The van der Waals surface area contributed by atoms with Crippen molar-refractivity contribution in [2.24, 2.45) is 0 Å². The van der Waals surface area contributed by atoms with Crippen LogP contribution in [0.5, 0.6) is 5.75 Å². The number of carbonyl (C=O) groups is 1. The molecular formula is C23H26N2O2. The molecule has 1 aromatic heterocycles. The van der Waals surface area contributed by atoms with Gasteiger partial charge in [0.1, 0.15) is 5.75 Å². The van der Waals surface area contributed by atoms with Crippen LogP contribution in [-0.2, 0) is 11.3 Å². The van der Waals surface area contributed by atoms with Gasteiger partial charge < -0.3 is 14.6 Å². The minimum atomic E-state index is -0.0137. The van der Waals surface area contributed by atoms with E-state index in [0.29, 0.717) is 19.6 Å². The van der Waals surface area contributed by atoms with E-state index >= 15 is 0 Å². The Morgan fingerprint density at radius 3 is 2.48 bits per heavy atom. The summed E-state index contributed by atoms with van der Waals surface area (Å²) in [5.74, 6) is 0.879. The van der Waals surface area contributed by atoms with Crippen molar-refractivity contribution in [1.29, 1.82) is 0 Å². The summed E-state index contributed by atoms with van der Waals surface area (Å²) in [6, 6.07) is 20.1. The highest BCUT2D eigenvalue weighted by molar-refractivity contribution is 5.76. The summed E-state index contributed by atoms with van der Waals surface area (Å²) in [6.45, 7) is 5.19. The molecule has 140 valence electrons. The van der Waals surface area contributed by atoms with Crippen LogP contribution in [0.3, 0.4) is 0 Å². The molecule has 0 aliphatic rings. The summed E-state index contributed by atoms with van der Waals surface area (Å²) in [6.07, 6.45) is 4.41. The molecule has 27 heavy (non-hydrogen) atoms. The molecule has 1 heterocycles. The number of benzene rings is 2. The van der Waals surface area contributed by atoms with E-state index in [2.05, 4.69) is 35.0 Å². The first-order chi connectivity index (χ1) is 13.2. The number of nitrogens with one attached hydrogen (secondary N) is 1.